The molecule has 9 heteroatoms. The number of rotatable bonds is 12. The number of nitrogens with zero attached hydrogens (tertiary/aromatic N) is 3. The summed E-state index contributed by atoms with van der Waals surface area (Å²) in [5, 5.41) is 11.5. The Labute approximate surface area is 229 Å². The van der Waals surface area contributed by atoms with Crippen LogP contribution in [0, 0.1) is 18.7 Å². The monoisotopic (exact) mass is 546 g/mol. The zero-order valence-corrected chi connectivity index (χ0v) is 24.3. The van der Waals surface area contributed by atoms with Crippen LogP contribution in [0.4, 0.5) is 9.52 Å². The van der Waals surface area contributed by atoms with E-state index in [9.17, 15) is 9.18 Å². The fourth-order valence-corrected chi connectivity index (χ4v) is 4.80. The van der Waals surface area contributed by atoms with Gasteiger partial charge in [-0.1, -0.05) is 76.3 Å². The average molecular weight is 547 g/mol. The number of carbonyl (C=O) groups excluding carboxylic acids is 1. The van der Waals surface area contributed by atoms with Crippen molar-refractivity contribution in [2.75, 3.05) is 30.7 Å². The minimum absolute atomic E-state index is 0.242. The molecule has 37 heavy (non-hydrogen) atoms. The van der Waals surface area contributed by atoms with E-state index in [1.54, 1.807) is 42.1 Å². The van der Waals surface area contributed by atoms with Crippen molar-refractivity contribution in [1.82, 2.24) is 15.1 Å². The van der Waals surface area contributed by atoms with E-state index in [0.717, 1.165) is 46.8 Å². The largest absolute Gasteiger partial charge is 0.489 e. The van der Waals surface area contributed by atoms with Crippen LogP contribution >= 0.6 is 23.1 Å². The zero-order valence-electron chi connectivity index (χ0n) is 22.7. The van der Waals surface area contributed by atoms with Gasteiger partial charge in [-0.15, -0.1) is 10.2 Å². The quantitative estimate of drug-likeness (QED) is 0.190. The molecular weight excluding hydrogens is 507 g/mol. The van der Waals surface area contributed by atoms with Gasteiger partial charge in [-0.3, -0.25) is 10.1 Å². The Morgan fingerprint density at radius 3 is 2.38 bits per heavy atom. The van der Waals surface area contributed by atoms with Gasteiger partial charge in [-0.25, -0.2) is 4.39 Å². The maximum atomic E-state index is 13.0. The molecular formula is C28H39FN4O2S2. The Morgan fingerprint density at radius 2 is 1.78 bits per heavy atom. The Kier molecular flexibility index (Phi) is 13.6. The summed E-state index contributed by atoms with van der Waals surface area (Å²) < 4.78 is 19.7. The van der Waals surface area contributed by atoms with Gasteiger partial charge in [-0.2, -0.15) is 0 Å². The highest BCUT2D eigenvalue weighted by Crippen LogP contribution is 2.26. The molecule has 0 spiro atoms. The van der Waals surface area contributed by atoms with Gasteiger partial charge in [-0.05, 0) is 67.4 Å². The molecule has 1 amide bonds. The number of amides is 1. The van der Waals surface area contributed by atoms with Gasteiger partial charge in [0.1, 0.15) is 18.2 Å². The number of hydrogen-bond donors (Lipinski definition) is 1. The summed E-state index contributed by atoms with van der Waals surface area (Å²) in [6, 6.07) is 11.4. The highest BCUT2D eigenvalue weighted by atomic mass is 32.2. The summed E-state index contributed by atoms with van der Waals surface area (Å²) in [4.78, 5) is 15.0. The van der Waals surface area contributed by atoms with Gasteiger partial charge in [0.05, 0.1) is 0 Å². The molecule has 0 fully saturated rings. The van der Waals surface area contributed by atoms with Crippen LogP contribution in [-0.2, 0) is 6.61 Å². The summed E-state index contributed by atoms with van der Waals surface area (Å²) in [6.07, 6.45) is 1.31. The van der Waals surface area contributed by atoms with E-state index in [1.165, 1.54) is 29.9 Å². The Morgan fingerprint density at radius 1 is 1.11 bits per heavy atom. The van der Waals surface area contributed by atoms with Crippen LogP contribution in [0.15, 0.2) is 46.8 Å². The third-order valence-electron chi connectivity index (χ3n) is 5.72. The number of benzene rings is 2. The van der Waals surface area contributed by atoms with E-state index in [0.29, 0.717) is 23.1 Å². The Balaban J connectivity index is 0.000000877. The van der Waals surface area contributed by atoms with Crippen molar-refractivity contribution in [2.24, 2.45) is 5.92 Å². The topological polar surface area (TPSA) is 67.4 Å². The maximum Gasteiger partial charge on any atom is 0.257 e. The van der Waals surface area contributed by atoms with Crippen molar-refractivity contribution in [3.63, 3.8) is 0 Å². The van der Waals surface area contributed by atoms with Crippen LogP contribution in [0.5, 0.6) is 5.75 Å². The lowest BCUT2D eigenvalue weighted by molar-refractivity contribution is 0.102. The molecule has 1 aromatic heterocycles. The minimum Gasteiger partial charge on any atom is -0.489 e. The minimum atomic E-state index is -0.277. The molecule has 0 bridgehead atoms. The van der Waals surface area contributed by atoms with Gasteiger partial charge < -0.3 is 9.64 Å². The number of thioether (sulfide) groups is 1. The van der Waals surface area contributed by atoms with Crippen LogP contribution < -0.4 is 10.1 Å². The second-order valence-electron chi connectivity index (χ2n) is 8.90. The van der Waals surface area contributed by atoms with Crippen molar-refractivity contribution in [3.8, 4) is 5.75 Å². The normalized spacial score (nSPS) is 10.8. The van der Waals surface area contributed by atoms with E-state index in [1.807, 2.05) is 6.92 Å². The van der Waals surface area contributed by atoms with E-state index >= 15 is 0 Å². The molecule has 0 aliphatic heterocycles. The fourth-order valence-electron chi connectivity index (χ4n) is 2.98. The lowest BCUT2D eigenvalue weighted by Crippen LogP contribution is -2.25. The number of anilines is 1. The maximum absolute atomic E-state index is 13.0. The van der Waals surface area contributed by atoms with Crippen molar-refractivity contribution in [1.29, 1.82) is 0 Å². The molecule has 202 valence electrons. The average Bonchev–Trinajstić information content (AvgIpc) is 3.34. The predicted octanol–water partition coefficient (Wildman–Crippen LogP) is 7.30. The van der Waals surface area contributed by atoms with Crippen LogP contribution in [0.2, 0.25) is 0 Å². The van der Waals surface area contributed by atoms with Crippen LogP contribution in [0.3, 0.4) is 0 Å². The lowest BCUT2D eigenvalue weighted by Gasteiger charge is -2.16. The Bertz CT molecular complexity index is 1090. The number of ether oxygens (including phenoxy) is 1. The molecule has 0 saturated carbocycles. The van der Waals surface area contributed by atoms with Crippen LogP contribution in [-0.4, -0.2) is 46.4 Å². The first-order chi connectivity index (χ1) is 17.7. The number of halogens is 1. The highest BCUT2D eigenvalue weighted by molar-refractivity contribution is 8.01. The smallest absolute Gasteiger partial charge is 0.257 e. The van der Waals surface area contributed by atoms with Gasteiger partial charge >= 0.3 is 0 Å². The van der Waals surface area contributed by atoms with E-state index < -0.39 is 0 Å². The number of nitrogens with one attached hydrogen (secondary N) is 1. The van der Waals surface area contributed by atoms with Crippen molar-refractivity contribution >= 4 is 34.1 Å². The van der Waals surface area contributed by atoms with Gasteiger partial charge in [0, 0.05) is 17.9 Å². The number of carbonyl (C=O) groups is 1. The van der Waals surface area contributed by atoms with Gasteiger partial charge in [0.25, 0.3) is 5.91 Å². The Hall–Kier alpha value is -2.49. The van der Waals surface area contributed by atoms with Gasteiger partial charge in [0.2, 0.25) is 5.13 Å². The number of hydrogen-bond acceptors (Lipinski definition) is 7. The van der Waals surface area contributed by atoms with Crippen molar-refractivity contribution in [2.45, 2.75) is 58.9 Å². The molecule has 1 heterocycles. The zero-order chi connectivity index (χ0) is 27.2. The van der Waals surface area contributed by atoms with E-state index in [-0.39, 0.29) is 11.7 Å². The molecule has 0 unspecified atom stereocenters. The third-order valence-corrected chi connectivity index (χ3v) is 7.67. The predicted molar refractivity (Wildman–Crippen MR) is 153 cm³/mol. The first kappa shape index (κ1) is 30.7. The second-order valence-corrected chi connectivity index (χ2v) is 11.2. The lowest BCUT2D eigenvalue weighted by atomic mass is 10.1. The standard InChI is InChI=1S/C23H27FN4O2S2.C5H12/c1-4-28(5-2)12-13-31-23-27-26-22(32-23)25-21(29)18-8-11-20(16(3)14-18)30-15-17-6-9-19(24)10-7-17;1-4-5(2)3/h6-11,14H,4-5,12-13,15H2,1-3H3,(H,25,26,29);5H,4H2,1-3H3. The molecule has 0 radical (unpaired) electrons. The second kappa shape index (κ2) is 16.4. The van der Waals surface area contributed by atoms with Crippen molar-refractivity contribution in [3.05, 3.63) is 65.0 Å². The molecule has 0 atom stereocenters. The van der Waals surface area contributed by atoms with Gasteiger partial charge in [0.15, 0.2) is 4.34 Å². The third kappa shape index (κ3) is 11.2. The molecule has 3 rings (SSSR count). The molecule has 0 aliphatic rings. The summed E-state index contributed by atoms with van der Waals surface area (Å²) in [7, 11) is 0. The van der Waals surface area contributed by atoms with Crippen LogP contribution in [0.1, 0.15) is 62.5 Å². The highest BCUT2D eigenvalue weighted by Gasteiger charge is 2.13. The molecule has 6 nitrogen and oxygen atoms in total. The first-order valence-electron chi connectivity index (χ1n) is 12.7. The summed E-state index contributed by atoms with van der Waals surface area (Å²) >= 11 is 3.02. The molecule has 0 saturated heterocycles. The summed E-state index contributed by atoms with van der Waals surface area (Å²) in [5.74, 6) is 1.97. The summed E-state index contributed by atoms with van der Waals surface area (Å²) in [6.45, 7) is 16.2. The first-order valence-corrected chi connectivity index (χ1v) is 14.5. The fraction of sp³-hybridized carbons (Fsp3) is 0.464. The molecule has 0 aliphatic carbocycles. The van der Waals surface area contributed by atoms with E-state index in [2.05, 4.69) is 55.0 Å². The molecule has 1 N–H and O–H groups in total. The van der Waals surface area contributed by atoms with Crippen LogP contribution in [0.25, 0.3) is 0 Å². The van der Waals surface area contributed by atoms with Crippen molar-refractivity contribution < 1.29 is 13.9 Å². The number of aromatic nitrogens is 2. The summed E-state index contributed by atoms with van der Waals surface area (Å²) in [5.41, 5.74) is 2.22. The SMILES string of the molecule is CCC(C)C.CCN(CC)CCSc1nnc(NC(=O)c2ccc(OCc3ccc(F)cc3)c(C)c2)s1. The molecule has 3 aromatic rings. The molecule has 2 aromatic carbocycles. The number of aryl methyl sites for hydroxylation is 1. The van der Waals surface area contributed by atoms with E-state index in [4.69, 9.17) is 4.74 Å².